The number of pyridine rings is 1. The van der Waals surface area contributed by atoms with Crippen molar-refractivity contribution in [2.24, 2.45) is 0 Å². The van der Waals surface area contributed by atoms with Crippen LogP contribution in [0.4, 0.5) is 16.3 Å². The van der Waals surface area contributed by atoms with Crippen molar-refractivity contribution in [3.8, 4) is 11.5 Å². The highest BCUT2D eigenvalue weighted by Crippen LogP contribution is 2.30. The SMILES string of the molecule is CCOC(=O)c1ccc(N2CCCN(C(=O)Nc3ccc(OC)c(OCC)c3)CC2)nc1. The maximum Gasteiger partial charge on any atom is 0.339 e. The molecule has 0 spiro atoms. The molecule has 2 aromatic rings. The lowest BCUT2D eigenvalue weighted by molar-refractivity contribution is 0.0526. The molecule has 0 saturated carbocycles. The van der Waals surface area contributed by atoms with Crippen molar-refractivity contribution < 1.29 is 23.8 Å². The van der Waals surface area contributed by atoms with Crippen molar-refractivity contribution >= 4 is 23.5 Å². The van der Waals surface area contributed by atoms with Gasteiger partial charge >= 0.3 is 12.0 Å². The van der Waals surface area contributed by atoms with Crippen LogP contribution in [0.25, 0.3) is 0 Å². The Labute approximate surface area is 188 Å². The summed E-state index contributed by atoms with van der Waals surface area (Å²) in [5.74, 6) is 1.61. The van der Waals surface area contributed by atoms with Gasteiger partial charge in [0.15, 0.2) is 11.5 Å². The molecule has 2 amide bonds. The topological polar surface area (TPSA) is 93.2 Å². The highest BCUT2D eigenvalue weighted by Gasteiger charge is 2.21. The number of aromatic nitrogens is 1. The second-order valence-electron chi connectivity index (χ2n) is 7.18. The summed E-state index contributed by atoms with van der Waals surface area (Å²) >= 11 is 0. The molecular formula is C23H30N4O5. The van der Waals surface area contributed by atoms with Crippen LogP contribution < -0.4 is 19.7 Å². The van der Waals surface area contributed by atoms with Crippen molar-refractivity contribution in [2.75, 3.05) is 56.7 Å². The zero-order valence-corrected chi connectivity index (χ0v) is 18.8. The summed E-state index contributed by atoms with van der Waals surface area (Å²) in [6, 6.07) is 8.70. The Balaban J connectivity index is 1.59. The number of hydrogen-bond acceptors (Lipinski definition) is 7. The van der Waals surface area contributed by atoms with Crippen molar-refractivity contribution in [2.45, 2.75) is 20.3 Å². The first-order valence-corrected chi connectivity index (χ1v) is 10.8. The molecule has 1 aliphatic rings. The van der Waals surface area contributed by atoms with E-state index in [2.05, 4.69) is 15.2 Å². The van der Waals surface area contributed by atoms with Crippen LogP contribution in [0.3, 0.4) is 0 Å². The highest BCUT2D eigenvalue weighted by molar-refractivity contribution is 5.90. The zero-order chi connectivity index (χ0) is 22.9. The van der Waals surface area contributed by atoms with E-state index < -0.39 is 0 Å². The van der Waals surface area contributed by atoms with Gasteiger partial charge in [-0.3, -0.25) is 0 Å². The summed E-state index contributed by atoms with van der Waals surface area (Å²) in [4.78, 5) is 32.9. The Kier molecular flexibility index (Phi) is 8.13. The number of urea groups is 1. The van der Waals surface area contributed by atoms with Crippen LogP contribution in [-0.4, -0.2) is 68.4 Å². The third-order valence-electron chi connectivity index (χ3n) is 5.08. The molecule has 1 aromatic carbocycles. The molecule has 3 rings (SSSR count). The first kappa shape index (κ1) is 23.2. The van der Waals surface area contributed by atoms with E-state index in [0.717, 1.165) is 18.8 Å². The molecule has 172 valence electrons. The Hall–Kier alpha value is -3.49. The minimum absolute atomic E-state index is 0.162. The molecular weight excluding hydrogens is 412 g/mol. The number of esters is 1. The number of methoxy groups -OCH3 is 1. The molecule has 1 fully saturated rings. The van der Waals surface area contributed by atoms with E-state index in [1.54, 1.807) is 43.2 Å². The fraction of sp³-hybridized carbons (Fsp3) is 0.435. The second-order valence-corrected chi connectivity index (χ2v) is 7.18. The summed E-state index contributed by atoms with van der Waals surface area (Å²) in [5, 5.41) is 2.94. The van der Waals surface area contributed by atoms with Gasteiger partial charge in [0.2, 0.25) is 0 Å². The fourth-order valence-electron chi connectivity index (χ4n) is 3.48. The van der Waals surface area contributed by atoms with Gasteiger partial charge in [-0.2, -0.15) is 0 Å². The summed E-state index contributed by atoms with van der Waals surface area (Å²) in [6.45, 7) is 7.11. The molecule has 0 aliphatic carbocycles. The zero-order valence-electron chi connectivity index (χ0n) is 18.8. The molecule has 1 N–H and O–H groups in total. The number of carbonyl (C=O) groups excluding carboxylic acids is 2. The predicted octanol–water partition coefficient (Wildman–Crippen LogP) is 3.41. The standard InChI is InChI=1S/C23H30N4O5/c1-4-31-20-15-18(8-9-19(20)30-3)25-23(29)27-12-6-11-26(13-14-27)21-10-7-17(16-24-21)22(28)32-5-2/h7-10,15-16H,4-6,11-14H2,1-3H3,(H,25,29). The van der Waals surface area contributed by atoms with Gasteiger partial charge in [-0.25, -0.2) is 14.6 Å². The average Bonchev–Trinajstić information content (AvgIpc) is 3.06. The van der Waals surface area contributed by atoms with Gasteiger partial charge in [0.1, 0.15) is 5.82 Å². The fourth-order valence-corrected chi connectivity index (χ4v) is 3.48. The smallest absolute Gasteiger partial charge is 0.339 e. The molecule has 9 heteroatoms. The number of rotatable bonds is 7. The predicted molar refractivity (Wildman–Crippen MR) is 122 cm³/mol. The number of anilines is 2. The molecule has 1 aliphatic heterocycles. The van der Waals surface area contributed by atoms with E-state index in [1.807, 2.05) is 13.0 Å². The van der Waals surface area contributed by atoms with Crippen LogP contribution >= 0.6 is 0 Å². The summed E-state index contributed by atoms with van der Waals surface area (Å²) < 4.78 is 15.9. The average molecular weight is 443 g/mol. The minimum atomic E-state index is -0.378. The largest absolute Gasteiger partial charge is 0.493 e. The lowest BCUT2D eigenvalue weighted by Gasteiger charge is -2.23. The maximum absolute atomic E-state index is 12.8. The molecule has 0 unspecified atom stereocenters. The third kappa shape index (κ3) is 5.81. The molecule has 32 heavy (non-hydrogen) atoms. The van der Waals surface area contributed by atoms with Crippen molar-refractivity contribution in [3.63, 3.8) is 0 Å². The van der Waals surface area contributed by atoms with E-state index in [4.69, 9.17) is 14.2 Å². The quantitative estimate of drug-likeness (QED) is 0.657. The Morgan fingerprint density at radius 3 is 2.56 bits per heavy atom. The number of hydrogen-bond donors (Lipinski definition) is 1. The number of nitrogens with zero attached hydrogens (tertiary/aromatic N) is 3. The normalized spacial score (nSPS) is 13.8. The molecule has 0 radical (unpaired) electrons. The van der Waals surface area contributed by atoms with Crippen molar-refractivity contribution in [3.05, 3.63) is 42.1 Å². The van der Waals surface area contributed by atoms with E-state index >= 15 is 0 Å². The Bertz CT molecular complexity index is 919. The van der Waals surface area contributed by atoms with Crippen molar-refractivity contribution in [1.29, 1.82) is 0 Å². The first-order valence-electron chi connectivity index (χ1n) is 10.8. The van der Waals surface area contributed by atoms with Crippen LogP contribution in [0.1, 0.15) is 30.6 Å². The van der Waals surface area contributed by atoms with E-state index in [0.29, 0.717) is 55.6 Å². The molecule has 2 heterocycles. The van der Waals surface area contributed by atoms with Crippen LogP contribution in [0.2, 0.25) is 0 Å². The molecule has 1 aromatic heterocycles. The van der Waals surface area contributed by atoms with Gasteiger partial charge in [0, 0.05) is 44.1 Å². The van der Waals surface area contributed by atoms with E-state index in [1.165, 1.54) is 6.20 Å². The minimum Gasteiger partial charge on any atom is -0.493 e. The third-order valence-corrected chi connectivity index (χ3v) is 5.08. The van der Waals surface area contributed by atoms with E-state index in [9.17, 15) is 9.59 Å². The number of nitrogens with one attached hydrogen (secondary N) is 1. The van der Waals surface area contributed by atoms with Gasteiger partial charge < -0.3 is 29.3 Å². The monoisotopic (exact) mass is 442 g/mol. The Morgan fingerprint density at radius 1 is 1.03 bits per heavy atom. The lowest BCUT2D eigenvalue weighted by atomic mass is 10.2. The highest BCUT2D eigenvalue weighted by atomic mass is 16.5. The maximum atomic E-state index is 12.8. The van der Waals surface area contributed by atoms with Gasteiger partial charge in [-0.15, -0.1) is 0 Å². The summed E-state index contributed by atoms with van der Waals surface area (Å²) in [5.41, 5.74) is 1.08. The number of carbonyl (C=O) groups is 2. The van der Waals surface area contributed by atoms with Crippen molar-refractivity contribution in [1.82, 2.24) is 9.88 Å². The van der Waals surface area contributed by atoms with Crippen LogP contribution in [0.15, 0.2) is 36.5 Å². The lowest BCUT2D eigenvalue weighted by Crippen LogP contribution is -2.38. The number of ether oxygens (including phenoxy) is 3. The summed E-state index contributed by atoms with van der Waals surface area (Å²) in [6.07, 6.45) is 2.34. The van der Waals surface area contributed by atoms with Gasteiger partial charge in [-0.05, 0) is 44.5 Å². The first-order chi connectivity index (χ1) is 15.5. The molecule has 9 nitrogen and oxygen atoms in total. The van der Waals surface area contributed by atoms with Crippen LogP contribution in [-0.2, 0) is 4.74 Å². The molecule has 1 saturated heterocycles. The number of benzene rings is 1. The van der Waals surface area contributed by atoms with Crippen LogP contribution in [0, 0.1) is 0 Å². The van der Waals surface area contributed by atoms with E-state index in [-0.39, 0.29) is 12.0 Å². The number of amides is 2. The van der Waals surface area contributed by atoms with Crippen LogP contribution in [0.5, 0.6) is 11.5 Å². The molecule has 0 atom stereocenters. The van der Waals surface area contributed by atoms with Gasteiger partial charge in [-0.1, -0.05) is 0 Å². The second kappa shape index (κ2) is 11.2. The Morgan fingerprint density at radius 2 is 1.88 bits per heavy atom. The summed E-state index contributed by atoms with van der Waals surface area (Å²) in [7, 11) is 1.58. The van der Waals surface area contributed by atoms with Gasteiger partial charge in [0.25, 0.3) is 0 Å². The van der Waals surface area contributed by atoms with Gasteiger partial charge in [0.05, 0.1) is 25.9 Å². The molecule has 0 bridgehead atoms.